The Kier molecular flexibility index (Phi) is 4.60. The molecule has 0 N–H and O–H groups in total. The Morgan fingerprint density at radius 2 is 0.981 bits per heavy atom. The van der Waals surface area contributed by atoms with Gasteiger partial charge in [-0.05, 0) is 60.3 Å². The number of rotatable bonds is 2. The van der Waals surface area contributed by atoms with E-state index in [1.807, 2.05) is 77.4 Å². The fourth-order valence-corrected chi connectivity index (χ4v) is 8.49. The highest BCUT2D eigenvalue weighted by Gasteiger charge is 2.25. The Morgan fingerprint density at radius 3 is 1.75 bits per heavy atom. The monoisotopic (exact) mass is 685 g/mol. The number of hydrogen-bond donors (Lipinski definition) is 0. The van der Waals surface area contributed by atoms with E-state index in [9.17, 15) is 5.48 Å². The van der Waals surface area contributed by atoms with Gasteiger partial charge in [-0.15, -0.1) is 0 Å². The van der Waals surface area contributed by atoms with E-state index in [1.165, 1.54) is 0 Å². The molecule has 0 atom stereocenters. The van der Waals surface area contributed by atoms with E-state index in [1.54, 1.807) is 4.57 Å². The number of benzene rings is 7. The first-order valence-electron chi connectivity index (χ1n) is 21.1. The molecule has 6 heteroatoms. The molecule has 0 unspecified atom stereocenters. The van der Waals surface area contributed by atoms with E-state index in [2.05, 4.69) is 47.0 Å². The third kappa shape index (κ3) is 3.95. The van der Waals surface area contributed by atoms with E-state index in [0.29, 0.717) is 34.8 Å². The molecule has 0 amide bonds. The second-order valence-corrected chi connectivity index (χ2v) is 13.4. The van der Waals surface area contributed by atoms with E-state index < -0.39 is 12.1 Å². The average molecular weight is 686 g/mol. The molecule has 53 heavy (non-hydrogen) atoms. The van der Waals surface area contributed by atoms with Crippen LogP contribution in [-0.4, -0.2) is 28.7 Å². The topological polar surface area (TPSA) is 53.5 Å². The average Bonchev–Trinajstić information content (AvgIpc) is 3.93. The molecule has 0 fully saturated rings. The van der Waals surface area contributed by atoms with Crippen molar-refractivity contribution in [2.24, 2.45) is 0 Å². The fraction of sp³-hybridized carbons (Fsp3) is 0.0426. The lowest BCUT2D eigenvalue weighted by atomic mass is 10.00. The SMILES string of the molecule is [2H]c1c([2H])c([2H])c2c(c1[2H])c1c([2H])c([2H])c([2H])c3c1n2-c1nc(-c2ccccc2-n2c4ccccc4c4ccccc42)nc(n1)-n1c2ccccc2c2cccc(c21)CC3. The van der Waals surface area contributed by atoms with E-state index in [0.717, 1.165) is 54.9 Å². The third-order valence-corrected chi connectivity index (χ3v) is 10.7. The standard InChI is InChI=1S/C47H30N6/c1-6-22-38-31(15-1)32-16-2-7-23-39(32)51(38)42-26-10-5-19-37(42)45-48-46-50-47(49-45)53-41-25-9-4-18-34(41)36-21-12-14-30(44(36)53)28-27-29-13-11-20-35-33-17-3-8-24-40(33)52(46)43(29)35/h1-26H,27-28H2/i3D,8D,11D,13D,17D,20D,24D. The van der Waals surface area contributed by atoms with Crippen LogP contribution in [0.15, 0.2) is 158 Å². The lowest BCUT2D eigenvalue weighted by Crippen LogP contribution is -2.11. The highest BCUT2D eigenvalue weighted by Crippen LogP contribution is 2.40. The summed E-state index contributed by atoms with van der Waals surface area (Å²) in [5.41, 5.74) is 7.01. The third-order valence-electron chi connectivity index (χ3n) is 10.7. The molecular formula is C47H30N6. The van der Waals surface area contributed by atoms with Gasteiger partial charge in [0.1, 0.15) is 0 Å². The molecule has 11 aromatic rings. The van der Waals surface area contributed by atoms with Crippen LogP contribution in [-0.2, 0) is 12.8 Å². The van der Waals surface area contributed by atoms with Crippen LogP contribution >= 0.6 is 0 Å². The minimum absolute atomic E-state index is 0.0557. The zero-order valence-corrected chi connectivity index (χ0v) is 28.1. The van der Waals surface area contributed by atoms with E-state index in [-0.39, 0.29) is 58.9 Å². The smallest absolute Gasteiger partial charge is 0.240 e. The maximum Gasteiger partial charge on any atom is 0.240 e. The van der Waals surface area contributed by atoms with Crippen molar-refractivity contribution in [2.75, 3.05) is 0 Å². The fourth-order valence-electron chi connectivity index (χ4n) is 8.49. The van der Waals surface area contributed by atoms with Gasteiger partial charge in [0.2, 0.25) is 11.9 Å². The molecule has 6 nitrogen and oxygen atoms in total. The van der Waals surface area contributed by atoms with Crippen molar-refractivity contribution in [3.8, 4) is 29.0 Å². The zero-order valence-electron chi connectivity index (χ0n) is 35.1. The number of aromatic nitrogens is 6. The van der Waals surface area contributed by atoms with Crippen molar-refractivity contribution < 1.29 is 9.60 Å². The van der Waals surface area contributed by atoms with Crippen molar-refractivity contribution in [1.29, 1.82) is 0 Å². The Bertz CT molecular complexity index is 3660. The van der Waals surface area contributed by atoms with Crippen LogP contribution in [0.1, 0.15) is 20.7 Å². The van der Waals surface area contributed by atoms with Crippen molar-refractivity contribution in [3.63, 3.8) is 0 Å². The van der Waals surface area contributed by atoms with E-state index in [4.69, 9.17) is 19.1 Å². The zero-order chi connectivity index (χ0) is 40.7. The second-order valence-electron chi connectivity index (χ2n) is 13.4. The molecular weight excluding hydrogens is 649 g/mol. The summed E-state index contributed by atoms with van der Waals surface area (Å²) in [7, 11) is 0. The molecule has 4 aromatic heterocycles. The molecule has 12 rings (SSSR count). The predicted octanol–water partition coefficient (Wildman–Crippen LogP) is 10.9. The van der Waals surface area contributed by atoms with Crippen LogP contribution in [0, 0.1) is 0 Å². The maximum atomic E-state index is 9.34. The van der Waals surface area contributed by atoms with Gasteiger partial charge in [0, 0.05) is 37.9 Å². The van der Waals surface area contributed by atoms with E-state index >= 15 is 0 Å². The minimum Gasteiger partial charge on any atom is -0.309 e. The molecule has 0 aliphatic carbocycles. The van der Waals surface area contributed by atoms with Gasteiger partial charge in [-0.2, -0.15) is 15.0 Å². The van der Waals surface area contributed by atoms with Crippen LogP contribution in [0.5, 0.6) is 0 Å². The summed E-state index contributed by atoms with van der Waals surface area (Å²) in [6.45, 7) is 0. The largest absolute Gasteiger partial charge is 0.309 e. The summed E-state index contributed by atoms with van der Waals surface area (Å²) in [6.07, 6.45) is 0.711. The van der Waals surface area contributed by atoms with Crippen LogP contribution in [0.3, 0.4) is 0 Å². The van der Waals surface area contributed by atoms with Crippen LogP contribution in [0.25, 0.3) is 94.4 Å². The second kappa shape index (κ2) is 10.7. The van der Waals surface area contributed by atoms with Crippen molar-refractivity contribution in [3.05, 3.63) is 169 Å². The maximum absolute atomic E-state index is 9.34. The molecule has 5 heterocycles. The Hall–Kier alpha value is -7.05. The van der Waals surface area contributed by atoms with Gasteiger partial charge < -0.3 is 4.57 Å². The van der Waals surface area contributed by atoms with Gasteiger partial charge in [0.25, 0.3) is 0 Å². The normalized spacial score (nSPS) is 14.6. The Balaban J connectivity index is 1.30. The summed E-state index contributed by atoms with van der Waals surface area (Å²) >= 11 is 0. The van der Waals surface area contributed by atoms with Gasteiger partial charge in [-0.3, -0.25) is 9.13 Å². The first-order chi connectivity index (χ1) is 29.2. The summed E-state index contributed by atoms with van der Waals surface area (Å²) < 4.78 is 69.5. The van der Waals surface area contributed by atoms with Gasteiger partial charge in [-0.25, -0.2) is 0 Å². The van der Waals surface area contributed by atoms with Crippen LogP contribution in [0.4, 0.5) is 0 Å². The quantitative estimate of drug-likeness (QED) is 0.182. The van der Waals surface area contributed by atoms with Crippen molar-refractivity contribution in [1.82, 2.24) is 28.7 Å². The summed E-state index contributed by atoms with van der Waals surface area (Å²) in [4.78, 5) is 15.8. The van der Waals surface area contributed by atoms with Crippen molar-refractivity contribution in [2.45, 2.75) is 12.8 Å². The highest BCUT2D eigenvalue weighted by molar-refractivity contribution is 6.12. The molecule has 0 spiro atoms. The number of aryl methyl sites for hydroxylation is 2. The van der Waals surface area contributed by atoms with Gasteiger partial charge >= 0.3 is 0 Å². The summed E-state index contributed by atoms with van der Waals surface area (Å²) in [5, 5.41) is 4.41. The Labute approximate surface area is 313 Å². The lowest BCUT2D eigenvalue weighted by molar-refractivity contribution is 0.891. The first-order valence-corrected chi connectivity index (χ1v) is 17.6. The van der Waals surface area contributed by atoms with Gasteiger partial charge in [-0.1, -0.05) is 121 Å². The first kappa shape index (κ1) is 22.7. The molecule has 0 saturated heterocycles. The van der Waals surface area contributed by atoms with Gasteiger partial charge in [0.15, 0.2) is 5.82 Å². The molecule has 248 valence electrons. The highest BCUT2D eigenvalue weighted by atomic mass is 15.3. The number of nitrogens with zero attached hydrogens (tertiary/aromatic N) is 6. The molecule has 1 aliphatic rings. The molecule has 2 bridgehead atoms. The summed E-state index contributed by atoms with van der Waals surface area (Å²) in [5.74, 6) is 0.654. The molecule has 1 aliphatic heterocycles. The van der Waals surface area contributed by atoms with Gasteiger partial charge in [0.05, 0.1) is 48.4 Å². The lowest BCUT2D eigenvalue weighted by Gasteiger charge is -2.16. The van der Waals surface area contributed by atoms with Crippen LogP contribution < -0.4 is 0 Å². The molecule has 0 radical (unpaired) electrons. The number of hydrogen-bond acceptors (Lipinski definition) is 3. The predicted molar refractivity (Wildman–Crippen MR) is 216 cm³/mol. The minimum atomic E-state index is -0.456. The summed E-state index contributed by atoms with van der Waals surface area (Å²) in [6, 6.07) is 36.3. The van der Waals surface area contributed by atoms with Crippen LogP contribution in [0.2, 0.25) is 0 Å². The molecule has 0 saturated carbocycles. The number of fused-ring (bicyclic) bond motifs is 13. The molecule has 7 aromatic carbocycles. The van der Waals surface area contributed by atoms with Crippen molar-refractivity contribution >= 4 is 65.4 Å². The number of para-hydroxylation sites is 7. The Morgan fingerprint density at radius 1 is 0.415 bits per heavy atom.